The maximum Gasteiger partial charge on any atom is 0.417 e. The average Bonchev–Trinajstić information content (AvgIpc) is 2.15. The van der Waals surface area contributed by atoms with Gasteiger partial charge in [-0.05, 0) is 18.2 Å². The van der Waals surface area contributed by atoms with E-state index in [1.54, 1.807) is 0 Å². The molecule has 0 aliphatic heterocycles. The maximum absolute atomic E-state index is 12.4. The Bertz CT molecular complexity index is 403. The van der Waals surface area contributed by atoms with Crippen LogP contribution in [0.25, 0.3) is 0 Å². The molecule has 0 heterocycles. The number of nitrogens with zero attached hydrogens (tertiary/aromatic N) is 1. The van der Waals surface area contributed by atoms with Gasteiger partial charge in [0, 0.05) is 5.56 Å². The normalized spacial score (nSPS) is 12.9. The lowest BCUT2D eigenvalue weighted by Gasteiger charge is -2.10. The lowest BCUT2D eigenvalue weighted by atomic mass is 10.1. The van der Waals surface area contributed by atoms with Crippen LogP contribution >= 0.6 is 11.6 Å². The minimum Gasteiger partial charge on any atom is -0.409 e. The van der Waals surface area contributed by atoms with Crippen molar-refractivity contribution in [1.29, 1.82) is 0 Å². The van der Waals surface area contributed by atoms with E-state index in [-0.39, 0.29) is 5.56 Å². The summed E-state index contributed by atoms with van der Waals surface area (Å²) in [6.45, 7) is 0. The summed E-state index contributed by atoms with van der Waals surface area (Å²) in [5.41, 5.74) is 4.08. The second-order valence-electron chi connectivity index (χ2n) is 2.68. The molecule has 0 saturated heterocycles. The van der Waals surface area contributed by atoms with Gasteiger partial charge in [-0.25, -0.2) is 0 Å². The molecule has 1 aromatic carbocycles. The van der Waals surface area contributed by atoms with Crippen molar-refractivity contribution < 1.29 is 18.4 Å². The Morgan fingerprint density at radius 1 is 1.40 bits per heavy atom. The molecule has 0 amide bonds. The summed E-state index contributed by atoms with van der Waals surface area (Å²) >= 11 is 5.37. The number of amidine groups is 1. The molecule has 15 heavy (non-hydrogen) atoms. The van der Waals surface area contributed by atoms with Gasteiger partial charge in [-0.15, -0.1) is 0 Å². The summed E-state index contributed by atoms with van der Waals surface area (Å²) in [5, 5.41) is 10.5. The molecule has 0 unspecified atom stereocenters. The van der Waals surface area contributed by atoms with Gasteiger partial charge in [0.2, 0.25) is 0 Å². The zero-order chi connectivity index (χ0) is 11.6. The van der Waals surface area contributed by atoms with Crippen LogP contribution in [0.3, 0.4) is 0 Å². The summed E-state index contributed by atoms with van der Waals surface area (Å²) in [6, 6.07) is 2.99. The van der Waals surface area contributed by atoms with Crippen LogP contribution in [-0.2, 0) is 6.18 Å². The van der Waals surface area contributed by atoms with E-state index in [2.05, 4.69) is 5.16 Å². The van der Waals surface area contributed by atoms with Gasteiger partial charge in [0.1, 0.15) is 0 Å². The van der Waals surface area contributed by atoms with Crippen LogP contribution in [-0.4, -0.2) is 11.0 Å². The lowest BCUT2D eigenvalue weighted by molar-refractivity contribution is -0.137. The Hall–Kier alpha value is -1.43. The Morgan fingerprint density at radius 3 is 2.47 bits per heavy atom. The molecule has 3 nitrogen and oxygen atoms in total. The molecule has 0 radical (unpaired) electrons. The van der Waals surface area contributed by atoms with E-state index in [9.17, 15) is 13.2 Å². The molecule has 0 aliphatic rings. The van der Waals surface area contributed by atoms with E-state index >= 15 is 0 Å². The molecule has 0 aromatic heterocycles. The van der Waals surface area contributed by atoms with Gasteiger partial charge in [0.25, 0.3) is 0 Å². The second-order valence-corrected chi connectivity index (χ2v) is 3.08. The van der Waals surface area contributed by atoms with Crippen molar-refractivity contribution in [2.24, 2.45) is 10.9 Å². The topological polar surface area (TPSA) is 58.6 Å². The molecular formula is C8H6ClF3N2O. The van der Waals surface area contributed by atoms with Gasteiger partial charge in [-0.1, -0.05) is 16.8 Å². The maximum atomic E-state index is 12.4. The number of hydrogen-bond donors (Lipinski definition) is 2. The van der Waals surface area contributed by atoms with Gasteiger partial charge in [-0.2, -0.15) is 13.2 Å². The summed E-state index contributed by atoms with van der Waals surface area (Å²) in [4.78, 5) is 0. The summed E-state index contributed by atoms with van der Waals surface area (Å²) in [7, 11) is 0. The highest BCUT2D eigenvalue weighted by atomic mass is 35.5. The highest BCUT2D eigenvalue weighted by Crippen LogP contribution is 2.34. The van der Waals surface area contributed by atoms with Crippen LogP contribution in [0, 0.1) is 0 Å². The molecule has 0 spiro atoms. The zero-order valence-corrected chi connectivity index (χ0v) is 7.97. The fourth-order valence-corrected chi connectivity index (χ4v) is 1.18. The number of halogens is 4. The summed E-state index contributed by atoms with van der Waals surface area (Å²) in [6.07, 6.45) is -4.57. The van der Waals surface area contributed by atoms with Crippen LogP contribution in [0.2, 0.25) is 5.02 Å². The van der Waals surface area contributed by atoms with E-state index in [0.29, 0.717) is 0 Å². The molecular weight excluding hydrogens is 233 g/mol. The van der Waals surface area contributed by atoms with Crippen molar-refractivity contribution in [1.82, 2.24) is 0 Å². The smallest absolute Gasteiger partial charge is 0.409 e. The number of hydrogen-bond acceptors (Lipinski definition) is 2. The van der Waals surface area contributed by atoms with E-state index in [1.807, 2.05) is 0 Å². The Labute approximate surface area is 87.9 Å². The highest BCUT2D eigenvalue weighted by Gasteiger charge is 2.33. The monoisotopic (exact) mass is 238 g/mol. The molecule has 1 aromatic rings. The van der Waals surface area contributed by atoms with Crippen LogP contribution in [0.5, 0.6) is 0 Å². The first-order chi connectivity index (χ1) is 6.86. The highest BCUT2D eigenvalue weighted by molar-refractivity contribution is 6.31. The first-order valence-corrected chi connectivity index (χ1v) is 4.08. The molecule has 0 bridgehead atoms. The minimum absolute atomic E-state index is 0.0470. The lowest BCUT2D eigenvalue weighted by Crippen LogP contribution is -2.15. The van der Waals surface area contributed by atoms with Crippen molar-refractivity contribution in [3.8, 4) is 0 Å². The molecule has 0 atom stereocenters. The number of benzene rings is 1. The Morgan fingerprint density at radius 2 is 2.00 bits per heavy atom. The van der Waals surface area contributed by atoms with Crippen LogP contribution in [0.15, 0.2) is 23.4 Å². The third kappa shape index (κ3) is 2.53. The zero-order valence-electron chi connectivity index (χ0n) is 7.22. The number of alkyl halides is 3. The minimum atomic E-state index is -4.57. The van der Waals surface area contributed by atoms with Crippen LogP contribution in [0.1, 0.15) is 11.1 Å². The standard InChI is InChI=1S/C8H6ClF3N2O/c9-6-2-1-4(7(13)14-15)3-5(6)8(10,11)12/h1-3,15H,(H2,13,14). The molecule has 0 saturated carbocycles. The molecule has 82 valence electrons. The van der Waals surface area contributed by atoms with Crippen molar-refractivity contribution in [2.45, 2.75) is 6.18 Å². The third-order valence-corrected chi connectivity index (χ3v) is 2.00. The fraction of sp³-hybridized carbons (Fsp3) is 0.125. The Kier molecular flexibility index (Phi) is 3.09. The number of nitrogens with two attached hydrogens (primary N) is 1. The second kappa shape index (κ2) is 3.98. The average molecular weight is 239 g/mol. The molecule has 0 aliphatic carbocycles. The van der Waals surface area contributed by atoms with E-state index in [4.69, 9.17) is 22.5 Å². The first kappa shape index (κ1) is 11.6. The Balaban J connectivity index is 3.29. The van der Waals surface area contributed by atoms with E-state index < -0.39 is 22.6 Å². The van der Waals surface area contributed by atoms with Gasteiger partial charge in [-0.3, -0.25) is 0 Å². The van der Waals surface area contributed by atoms with Crippen LogP contribution < -0.4 is 5.73 Å². The largest absolute Gasteiger partial charge is 0.417 e. The van der Waals surface area contributed by atoms with Crippen molar-refractivity contribution in [3.63, 3.8) is 0 Å². The van der Waals surface area contributed by atoms with Gasteiger partial charge < -0.3 is 10.9 Å². The van der Waals surface area contributed by atoms with Gasteiger partial charge in [0.05, 0.1) is 10.6 Å². The predicted octanol–water partition coefficient (Wildman–Crippen LogP) is 2.45. The fourth-order valence-electron chi connectivity index (χ4n) is 0.960. The van der Waals surface area contributed by atoms with Crippen LogP contribution in [0.4, 0.5) is 13.2 Å². The quantitative estimate of drug-likeness (QED) is 0.342. The summed E-state index contributed by atoms with van der Waals surface area (Å²) < 4.78 is 37.1. The molecule has 3 N–H and O–H groups in total. The molecule has 0 fully saturated rings. The summed E-state index contributed by atoms with van der Waals surface area (Å²) in [5.74, 6) is -0.405. The number of oxime groups is 1. The predicted molar refractivity (Wildman–Crippen MR) is 49.0 cm³/mol. The van der Waals surface area contributed by atoms with E-state index in [0.717, 1.165) is 12.1 Å². The number of rotatable bonds is 1. The molecule has 7 heteroatoms. The SMILES string of the molecule is NC(=NO)c1ccc(Cl)c(C(F)(F)F)c1. The first-order valence-electron chi connectivity index (χ1n) is 3.71. The van der Waals surface area contributed by atoms with E-state index in [1.165, 1.54) is 6.07 Å². The van der Waals surface area contributed by atoms with Crippen molar-refractivity contribution in [3.05, 3.63) is 34.3 Å². The third-order valence-electron chi connectivity index (χ3n) is 1.68. The van der Waals surface area contributed by atoms with Crippen molar-refractivity contribution in [2.75, 3.05) is 0 Å². The van der Waals surface area contributed by atoms with Gasteiger partial charge >= 0.3 is 6.18 Å². The molecule has 1 rings (SSSR count). The van der Waals surface area contributed by atoms with Gasteiger partial charge in [0.15, 0.2) is 5.84 Å². The van der Waals surface area contributed by atoms with Crippen molar-refractivity contribution >= 4 is 17.4 Å².